The Morgan fingerprint density at radius 1 is 1.40 bits per heavy atom. The SMILES string of the molecule is Bc1ccc2c(c1)[nH]c(=O)c1cnc(CCC(=O)O)n12. The Balaban J connectivity index is 2.30. The van der Waals surface area contributed by atoms with Gasteiger partial charge in [0.15, 0.2) is 0 Å². The Morgan fingerprint density at radius 3 is 2.95 bits per heavy atom. The third kappa shape index (κ3) is 1.97. The van der Waals surface area contributed by atoms with Crippen LogP contribution in [0.5, 0.6) is 0 Å². The van der Waals surface area contributed by atoms with Crippen LogP contribution in [0.1, 0.15) is 12.2 Å². The number of aryl methyl sites for hydroxylation is 1. The number of aromatic nitrogens is 3. The van der Waals surface area contributed by atoms with Gasteiger partial charge < -0.3 is 10.1 Å². The number of fused-ring (bicyclic) bond motifs is 3. The molecule has 2 N–H and O–H groups in total. The molecule has 0 spiro atoms. The van der Waals surface area contributed by atoms with E-state index in [9.17, 15) is 9.59 Å². The lowest BCUT2D eigenvalue weighted by Gasteiger charge is -2.06. The van der Waals surface area contributed by atoms with Gasteiger partial charge in [0.05, 0.1) is 23.7 Å². The van der Waals surface area contributed by atoms with Crippen molar-refractivity contribution in [1.29, 1.82) is 0 Å². The summed E-state index contributed by atoms with van der Waals surface area (Å²) >= 11 is 0. The van der Waals surface area contributed by atoms with Gasteiger partial charge in [-0.2, -0.15) is 0 Å². The van der Waals surface area contributed by atoms with Crippen LogP contribution in [-0.4, -0.2) is 33.3 Å². The van der Waals surface area contributed by atoms with E-state index in [1.165, 1.54) is 6.20 Å². The van der Waals surface area contributed by atoms with Gasteiger partial charge in [0.1, 0.15) is 19.2 Å². The van der Waals surface area contributed by atoms with E-state index >= 15 is 0 Å². The largest absolute Gasteiger partial charge is 0.481 e. The Morgan fingerprint density at radius 2 is 2.20 bits per heavy atom. The van der Waals surface area contributed by atoms with Gasteiger partial charge in [0.2, 0.25) is 0 Å². The van der Waals surface area contributed by atoms with Crippen LogP contribution in [-0.2, 0) is 11.2 Å². The number of hydrogen-bond donors (Lipinski definition) is 2. The van der Waals surface area contributed by atoms with Crippen molar-refractivity contribution >= 4 is 35.8 Å². The molecule has 0 saturated carbocycles. The van der Waals surface area contributed by atoms with E-state index in [0.29, 0.717) is 11.3 Å². The molecule has 0 fully saturated rings. The summed E-state index contributed by atoms with van der Waals surface area (Å²) < 4.78 is 1.73. The number of H-pyrrole nitrogens is 1. The fraction of sp³-hybridized carbons (Fsp3) is 0.154. The van der Waals surface area contributed by atoms with E-state index in [4.69, 9.17) is 5.11 Å². The Labute approximate surface area is 114 Å². The number of aliphatic carboxylic acids is 1. The molecule has 3 aromatic rings. The van der Waals surface area contributed by atoms with E-state index in [1.54, 1.807) is 4.40 Å². The van der Waals surface area contributed by atoms with Crippen LogP contribution < -0.4 is 11.0 Å². The zero-order valence-corrected chi connectivity index (χ0v) is 10.9. The number of hydrogen-bond acceptors (Lipinski definition) is 3. The summed E-state index contributed by atoms with van der Waals surface area (Å²) in [7, 11) is 1.95. The van der Waals surface area contributed by atoms with Crippen molar-refractivity contribution in [2.75, 3.05) is 0 Å². The van der Waals surface area contributed by atoms with E-state index in [2.05, 4.69) is 9.97 Å². The second-order valence-electron chi connectivity index (χ2n) is 4.76. The zero-order chi connectivity index (χ0) is 14.3. The molecule has 100 valence electrons. The number of nitrogens with one attached hydrogen (secondary N) is 1. The number of benzene rings is 1. The van der Waals surface area contributed by atoms with Gasteiger partial charge in [-0.3, -0.25) is 14.0 Å². The van der Waals surface area contributed by atoms with Gasteiger partial charge in [-0.25, -0.2) is 4.98 Å². The van der Waals surface area contributed by atoms with Crippen LogP contribution in [0.3, 0.4) is 0 Å². The molecule has 0 unspecified atom stereocenters. The van der Waals surface area contributed by atoms with Crippen molar-refractivity contribution in [1.82, 2.24) is 14.4 Å². The predicted molar refractivity (Wildman–Crippen MR) is 77.5 cm³/mol. The fourth-order valence-corrected chi connectivity index (χ4v) is 2.35. The summed E-state index contributed by atoms with van der Waals surface area (Å²) in [5.74, 6) is -0.297. The molecule has 0 aliphatic rings. The molecule has 0 atom stereocenters. The molecule has 0 saturated heterocycles. The normalized spacial score (nSPS) is 11.2. The van der Waals surface area contributed by atoms with Crippen LogP contribution >= 0.6 is 0 Å². The van der Waals surface area contributed by atoms with Crippen molar-refractivity contribution in [3.63, 3.8) is 0 Å². The van der Waals surface area contributed by atoms with Crippen molar-refractivity contribution in [2.45, 2.75) is 12.8 Å². The van der Waals surface area contributed by atoms with Gasteiger partial charge in [-0.05, 0) is 12.1 Å². The van der Waals surface area contributed by atoms with Gasteiger partial charge in [0.25, 0.3) is 5.56 Å². The van der Waals surface area contributed by atoms with Crippen molar-refractivity contribution < 1.29 is 9.90 Å². The van der Waals surface area contributed by atoms with Crippen molar-refractivity contribution in [3.05, 3.63) is 40.6 Å². The summed E-state index contributed by atoms with van der Waals surface area (Å²) in [6, 6.07) is 5.73. The molecular weight excluding hydrogens is 257 g/mol. The average Bonchev–Trinajstić information content (AvgIpc) is 2.80. The molecule has 2 heterocycles. The fourth-order valence-electron chi connectivity index (χ4n) is 2.35. The second kappa shape index (κ2) is 4.52. The number of nitrogens with zero attached hydrogens (tertiary/aromatic N) is 2. The second-order valence-corrected chi connectivity index (χ2v) is 4.76. The number of rotatable bonds is 3. The molecule has 0 aliphatic heterocycles. The zero-order valence-electron chi connectivity index (χ0n) is 10.9. The predicted octanol–water partition coefficient (Wildman–Crippen LogP) is -0.549. The highest BCUT2D eigenvalue weighted by Crippen LogP contribution is 2.14. The lowest BCUT2D eigenvalue weighted by atomic mass is 9.96. The molecule has 0 radical (unpaired) electrons. The maximum Gasteiger partial charge on any atom is 0.303 e. The summed E-state index contributed by atoms with van der Waals surface area (Å²) in [4.78, 5) is 29.7. The van der Waals surface area contributed by atoms with E-state index in [0.717, 1.165) is 16.5 Å². The molecule has 0 aliphatic carbocycles. The van der Waals surface area contributed by atoms with Crippen LogP contribution in [0.25, 0.3) is 16.6 Å². The first-order valence-corrected chi connectivity index (χ1v) is 6.27. The maximum atomic E-state index is 12.0. The van der Waals surface area contributed by atoms with Gasteiger partial charge in [-0.15, -0.1) is 0 Å². The Hall–Kier alpha value is -2.57. The first kappa shape index (κ1) is 12.5. The van der Waals surface area contributed by atoms with Crippen LogP contribution in [0.4, 0.5) is 0 Å². The minimum atomic E-state index is -0.883. The highest BCUT2D eigenvalue weighted by atomic mass is 16.4. The first-order chi connectivity index (χ1) is 9.56. The van der Waals surface area contributed by atoms with E-state index < -0.39 is 5.97 Å². The molecule has 2 aromatic heterocycles. The summed E-state index contributed by atoms with van der Waals surface area (Å²) in [5, 5.41) is 8.78. The third-order valence-corrected chi connectivity index (χ3v) is 3.27. The minimum absolute atomic E-state index is 0.0146. The number of aromatic amines is 1. The number of carboxylic acids is 1. The Bertz CT molecular complexity index is 882. The number of imidazole rings is 1. The molecule has 0 bridgehead atoms. The average molecular weight is 269 g/mol. The van der Waals surface area contributed by atoms with Gasteiger partial charge in [-0.1, -0.05) is 11.5 Å². The Kier molecular flexibility index (Phi) is 2.82. The van der Waals surface area contributed by atoms with E-state index in [1.807, 2.05) is 26.0 Å². The quantitative estimate of drug-likeness (QED) is 0.624. The lowest BCUT2D eigenvalue weighted by molar-refractivity contribution is -0.137. The molecule has 0 amide bonds. The van der Waals surface area contributed by atoms with Crippen LogP contribution in [0.15, 0.2) is 29.2 Å². The summed E-state index contributed by atoms with van der Waals surface area (Å²) in [6.07, 6.45) is 1.75. The van der Waals surface area contributed by atoms with Crippen LogP contribution in [0.2, 0.25) is 0 Å². The van der Waals surface area contributed by atoms with Crippen LogP contribution in [0, 0.1) is 0 Å². The first-order valence-electron chi connectivity index (χ1n) is 6.27. The molecule has 20 heavy (non-hydrogen) atoms. The smallest absolute Gasteiger partial charge is 0.303 e. The monoisotopic (exact) mass is 269 g/mol. The van der Waals surface area contributed by atoms with Crippen molar-refractivity contribution in [2.24, 2.45) is 0 Å². The number of carboxylic acid groups (broad SMARTS) is 1. The third-order valence-electron chi connectivity index (χ3n) is 3.27. The van der Waals surface area contributed by atoms with Gasteiger partial charge >= 0.3 is 5.97 Å². The molecule has 7 heteroatoms. The van der Waals surface area contributed by atoms with Crippen molar-refractivity contribution in [3.8, 4) is 0 Å². The maximum absolute atomic E-state index is 12.0. The lowest BCUT2D eigenvalue weighted by Crippen LogP contribution is -2.13. The number of carbonyl (C=O) groups is 1. The molecular formula is C13H12BN3O3. The molecule has 1 aromatic carbocycles. The molecule has 3 rings (SSSR count). The standard InChI is InChI=1S/C13H12BN3O3/c14-7-1-2-9-8(5-7)16-13(20)10-6-15-11(17(9)10)3-4-12(18)19/h1-2,5-6H,3-4,14H2,(H,16,20)(H,18,19). The topological polar surface area (TPSA) is 87.5 Å². The summed E-state index contributed by atoms with van der Waals surface area (Å²) in [6.45, 7) is 0. The van der Waals surface area contributed by atoms with Gasteiger partial charge in [0, 0.05) is 6.42 Å². The summed E-state index contributed by atoms with van der Waals surface area (Å²) in [5.41, 5.74) is 2.79. The highest BCUT2D eigenvalue weighted by Gasteiger charge is 2.12. The highest BCUT2D eigenvalue weighted by molar-refractivity contribution is 6.33. The van der Waals surface area contributed by atoms with E-state index in [-0.39, 0.29) is 18.4 Å². The molecule has 6 nitrogen and oxygen atoms in total. The minimum Gasteiger partial charge on any atom is -0.481 e.